The fraction of sp³-hybridized carbons (Fsp3) is 0.286. The van der Waals surface area contributed by atoms with Crippen molar-refractivity contribution in [1.29, 1.82) is 0 Å². The highest BCUT2D eigenvalue weighted by atomic mass is 16.5. The van der Waals surface area contributed by atoms with Crippen LogP contribution in [0.4, 0.5) is 0 Å². The van der Waals surface area contributed by atoms with E-state index in [9.17, 15) is 9.59 Å². The second-order valence-corrected chi connectivity index (χ2v) is 3.51. The monoisotopic (exact) mass is 261 g/mol. The Bertz CT molecular complexity index is 473. The molecule has 0 bridgehead atoms. The molecule has 0 saturated heterocycles. The minimum atomic E-state index is -0.570. The molecule has 0 aromatic heterocycles. The van der Waals surface area contributed by atoms with Crippen molar-refractivity contribution in [3.63, 3.8) is 0 Å². The average Bonchev–Trinajstić information content (AvgIpc) is 2.43. The van der Waals surface area contributed by atoms with Gasteiger partial charge in [-0.15, -0.1) is 6.42 Å². The predicted octanol–water partition coefficient (Wildman–Crippen LogP) is 0.991. The van der Waals surface area contributed by atoms with Crippen LogP contribution in [0.3, 0.4) is 0 Å². The van der Waals surface area contributed by atoms with E-state index >= 15 is 0 Å². The third-order valence-electron chi connectivity index (χ3n) is 2.12. The number of hydrogen-bond acceptors (Lipinski definition) is 4. The highest BCUT2D eigenvalue weighted by molar-refractivity contribution is 5.91. The van der Waals surface area contributed by atoms with E-state index in [1.54, 1.807) is 24.3 Å². The van der Waals surface area contributed by atoms with E-state index in [2.05, 4.69) is 11.2 Å². The summed E-state index contributed by atoms with van der Waals surface area (Å²) in [5, 5.41) is 2.39. The highest BCUT2D eigenvalue weighted by Crippen LogP contribution is 2.12. The van der Waals surface area contributed by atoms with E-state index in [1.807, 2.05) is 6.92 Å². The van der Waals surface area contributed by atoms with Crippen LogP contribution in [0.15, 0.2) is 24.3 Å². The molecule has 100 valence electrons. The molecule has 0 aliphatic carbocycles. The molecule has 0 saturated carbocycles. The lowest BCUT2D eigenvalue weighted by molar-refractivity contribution is -0.123. The number of nitrogens with one attached hydrogen (secondary N) is 1. The fourth-order valence-corrected chi connectivity index (χ4v) is 1.27. The van der Waals surface area contributed by atoms with Gasteiger partial charge in [0.1, 0.15) is 5.75 Å². The van der Waals surface area contributed by atoms with Crippen molar-refractivity contribution in [2.45, 2.75) is 6.92 Å². The summed E-state index contributed by atoms with van der Waals surface area (Å²) in [5.74, 6) is 1.92. The zero-order chi connectivity index (χ0) is 14.1. The molecular weight excluding hydrogens is 246 g/mol. The number of esters is 1. The number of terminal acetylenes is 1. The molecule has 0 heterocycles. The molecule has 5 nitrogen and oxygen atoms in total. The zero-order valence-corrected chi connectivity index (χ0v) is 10.6. The second-order valence-electron chi connectivity index (χ2n) is 3.51. The van der Waals surface area contributed by atoms with Crippen LogP contribution in [-0.2, 0) is 9.53 Å². The molecule has 0 aliphatic heterocycles. The van der Waals surface area contributed by atoms with Gasteiger partial charge < -0.3 is 14.8 Å². The topological polar surface area (TPSA) is 64.6 Å². The van der Waals surface area contributed by atoms with Crippen molar-refractivity contribution in [2.24, 2.45) is 0 Å². The van der Waals surface area contributed by atoms with Crippen molar-refractivity contribution in [3.05, 3.63) is 29.8 Å². The molecule has 1 aromatic carbocycles. The van der Waals surface area contributed by atoms with Crippen molar-refractivity contribution in [1.82, 2.24) is 5.32 Å². The van der Waals surface area contributed by atoms with Crippen LogP contribution in [0.25, 0.3) is 0 Å². The smallest absolute Gasteiger partial charge is 0.338 e. The summed E-state index contributed by atoms with van der Waals surface area (Å²) in [6, 6.07) is 6.48. The summed E-state index contributed by atoms with van der Waals surface area (Å²) < 4.78 is 10.1. The second kappa shape index (κ2) is 7.77. The molecule has 19 heavy (non-hydrogen) atoms. The van der Waals surface area contributed by atoms with Gasteiger partial charge in [-0.3, -0.25) is 4.79 Å². The van der Waals surface area contributed by atoms with Crippen LogP contribution in [0.1, 0.15) is 17.3 Å². The number of carbonyl (C=O) groups is 2. The lowest BCUT2D eigenvalue weighted by Gasteiger charge is -2.06. The SMILES string of the molecule is C#CCNC(=O)COC(=O)c1ccc(OCC)cc1. The summed E-state index contributed by atoms with van der Waals surface area (Å²) >= 11 is 0. The van der Waals surface area contributed by atoms with Crippen LogP contribution in [0.2, 0.25) is 0 Å². The molecule has 1 rings (SSSR count). The Hall–Kier alpha value is -2.48. The Morgan fingerprint density at radius 3 is 2.58 bits per heavy atom. The van der Waals surface area contributed by atoms with E-state index in [-0.39, 0.29) is 13.2 Å². The van der Waals surface area contributed by atoms with Gasteiger partial charge in [0.2, 0.25) is 0 Å². The maximum atomic E-state index is 11.6. The van der Waals surface area contributed by atoms with Gasteiger partial charge in [-0.1, -0.05) is 5.92 Å². The molecule has 0 atom stereocenters. The third kappa shape index (κ3) is 5.13. The average molecular weight is 261 g/mol. The van der Waals surface area contributed by atoms with Crippen LogP contribution in [-0.4, -0.2) is 31.6 Å². The van der Waals surface area contributed by atoms with E-state index in [4.69, 9.17) is 15.9 Å². The first kappa shape index (κ1) is 14.6. The standard InChI is InChI=1S/C14H15NO4/c1-3-9-15-13(16)10-19-14(17)11-5-7-12(8-6-11)18-4-2/h1,5-8H,4,9-10H2,2H3,(H,15,16). The van der Waals surface area contributed by atoms with Gasteiger partial charge in [-0.05, 0) is 31.2 Å². The molecule has 1 N–H and O–H groups in total. The third-order valence-corrected chi connectivity index (χ3v) is 2.12. The van der Waals surface area contributed by atoms with Crippen molar-refractivity contribution < 1.29 is 19.1 Å². The summed E-state index contributed by atoms with van der Waals surface area (Å²) in [4.78, 5) is 22.8. The summed E-state index contributed by atoms with van der Waals surface area (Å²) in [6.45, 7) is 2.18. The lowest BCUT2D eigenvalue weighted by Crippen LogP contribution is -2.28. The van der Waals surface area contributed by atoms with Gasteiger partial charge in [0.25, 0.3) is 5.91 Å². The van der Waals surface area contributed by atoms with Crippen LogP contribution < -0.4 is 10.1 Å². The van der Waals surface area contributed by atoms with Gasteiger partial charge >= 0.3 is 5.97 Å². The number of carbonyl (C=O) groups excluding carboxylic acids is 2. The minimum absolute atomic E-state index is 0.111. The van der Waals surface area contributed by atoms with Gasteiger partial charge in [-0.2, -0.15) is 0 Å². The summed E-state index contributed by atoms with van der Waals surface area (Å²) in [6.07, 6.45) is 4.98. The lowest BCUT2D eigenvalue weighted by atomic mass is 10.2. The van der Waals surface area contributed by atoms with E-state index in [0.29, 0.717) is 17.9 Å². The molecule has 0 unspecified atom stereocenters. The molecule has 1 aromatic rings. The predicted molar refractivity (Wildman–Crippen MR) is 69.7 cm³/mol. The normalized spacial score (nSPS) is 9.26. The first-order valence-corrected chi connectivity index (χ1v) is 5.77. The minimum Gasteiger partial charge on any atom is -0.494 e. The van der Waals surface area contributed by atoms with Crippen molar-refractivity contribution >= 4 is 11.9 Å². The molecule has 1 amide bonds. The van der Waals surface area contributed by atoms with Crippen LogP contribution >= 0.6 is 0 Å². The molecule has 0 spiro atoms. The Morgan fingerprint density at radius 1 is 1.32 bits per heavy atom. The maximum absolute atomic E-state index is 11.6. The fourth-order valence-electron chi connectivity index (χ4n) is 1.27. The van der Waals surface area contributed by atoms with Gasteiger partial charge in [0, 0.05) is 0 Å². The molecule has 0 aliphatic rings. The number of ether oxygens (including phenoxy) is 2. The maximum Gasteiger partial charge on any atom is 0.338 e. The number of amides is 1. The van der Waals surface area contributed by atoms with E-state index in [0.717, 1.165) is 0 Å². The van der Waals surface area contributed by atoms with Crippen LogP contribution in [0, 0.1) is 12.3 Å². The quantitative estimate of drug-likeness (QED) is 0.612. The molecular formula is C14H15NO4. The molecule has 0 fully saturated rings. The Kier molecular flexibility index (Phi) is 5.96. The Morgan fingerprint density at radius 2 is 2.00 bits per heavy atom. The van der Waals surface area contributed by atoms with E-state index in [1.165, 1.54) is 0 Å². The number of hydrogen-bond donors (Lipinski definition) is 1. The Labute approximate surface area is 111 Å². The van der Waals surface area contributed by atoms with Gasteiger partial charge in [-0.25, -0.2) is 4.79 Å². The zero-order valence-electron chi connectivity index (χ0n) is 10.6. The largest absolute Gasteiger partial charge is 0.494 e. The van der Waals surface area contributed by atoms with Crippen molar-refractivity contribution in [3.8, 4) is 18.1 Å². The highest BCUT2D eigenvalue weighted by Gasteiger charge is 2.09. The summed E-state index contributed by atoms with van der Waals surface area (Å²) in [7, 11) is 0. The van der Waals surface area contributed by atoms with Crippen LogP contribution in [0.5, 0.6) is 5.75 Å². The first-order valence-electron chi connectivity index (χ1n) is 5.77. The Balaban J connectivity index is 2.45. The van der Waals surface area contributed by atoms with E-state index < -0.39 is 11.9 Å². The molecule has 5 heteroatoms. The first-order chi connectivity index (χ1) is 9.17. The van der Waals surface area contributed by atoms with Gasteiger partial charge in [0.15, 0.2) is 6.61 Å². The summed E-state index contributed by atoms with van der Waals surface area (Å²) in [5.41, 5.74) is 0.355. The number of benzene rings is 1. The number of rotatable bonds is 6. The van der Waals surface area contributed by atoms with Gasteiger partial charge in [0.05, 0.1) is 18.7 Å². The molecule has 0 radical (unpaired) electrons. The van der Waals surface area contributed by atoms with Crippen molar-refractivity contribution in [2.75, 3.05) is 19.8 Å².